The molecule has 0 bridgehead atoms. The van der Waals surface area contributed by atoms with Crippen molar-refractivity contribution in [3.05, 3.63) is 23.8 Å². The highest BCUT2D eigenvalue weighted by molar-refractivity contribution is 5.98. The summed E-state index contributed by atoms with van der Waals surface area (Å²) in [6.45, 7) is 10.5. The Morgan fingerprint density at radius 3 is 2.21 bits per heavy atom. The average Bonchev–Trinajstić information content (AvgIpc) is 2.57. The third-order valence-corrected chi connectivity index (χ3v) is 4.79. The zero-order chi connectivity index (χ0) is 22.0. The molecule has 29 heavy (non-hydrogen) atoms. The zero-order valence-corrected chi connectivity index (χ0v) is 18.0. The molecule has 1 aromatic carbocycles. The van der Waals surface area contributed by atoms with Gasteiger partial charge in [-0.25, -0.2) is 19.4 Å². The van der Waals surface area contributed by atoms with Crippen LogP contribution in [0.25, 0.3) is 0 Å². The Kier molecular flexibility index (Phi) is 6.51. The summed E-state index contributed by atoms with van der Waals surface area (Å²) >= 11 is 0. The molecule has 0 radical (unpaired) electrons. The van der Waals surface area contributed by atoms with Crippen LogP contribution in [0.3, 0.4) is 0 Å². The summed E-state index contributed by atoms with van der Waals surface area (Å²) in [5.74, 6) is -1.65. The van der Waals surface area contributed by atoms with Crippen LogP contribution in [-0.2, 0) is 19.4 Å². The van der Waals surface area contributed by atoms with E-state index >= 15 is 0 Å². The van der Waals surface area contributed by atoms with Gasteiger partial charge in [0.15, 0.2) is 23.9 Å². The normalized spacial score (nSPS) is 17.8. The fourth-order valence-corrected chi connectivity index (χ4v) is 3.62. The molecule has 0 aliphatic carbocycles. The van der Waals surface area contributed by atoms with Gasteiger partial charge in [0, 0.05) is 16.4 Å². The van der Waals surface area contributed by atoms with Gasteiger partial charge in [-0.1, -0.05) is 41.5 Å². The fraction of sp³-hybridized carbons (Fsp3) is 0.571. The smallest absolute Gasteiger partial charge is 0.348 e. The first-order valence-corrected chi connectivity index (χ1v) is 9.39. The molecule has 0 amide bonds. The summed E-state index contributed by atoms with van der Waals surface area (Å²) in [6, 6.07) is 4.32. The van der Waals surface area contributed by atoms with Gasteiger partial charge in [-0.15, -0.1) is 0 Å². The topological polar surface area (TPSA) is 100 Å². The molecule has 8 nitrogen and oxygen atoms in total. The van der Waals surface area contributed by atoms with E-state index < -0.39 is 35.0 Å². The highest BCUT2D eigenvalue weighted by Gasteiger charge is 2.61. The number of carbonyl (C=O) groups is 3. The molecule has 0 fully saturated rings. The average molecular weight is 407 g/mol. The largest absolute Gasteiger partial charge is 0.421 e. The number of likely N-dealkylation sites (N-methyl/N-ethyl adjacent to an activating group) is 1. The van der Waals surface area contributed by atoms with E-state index in [1.54, 1.807) is 7.05 Å². The number of Topliss-reactive ketones (excluding diaryl/α,β-unsaturated/α-hetero) is 1. The lowest BCUT2D eigenvalue weighted by atomic mass is 9.62. The van der Waals surface area contributed by atoms with Gasteiger partial charge in [0.25, 0.3) is 0 Å². The van der Waals surface area contributed by atoms with E-state index in [4.69, 9.17) is 19.2 Å². The van der Waals surface area contributed by atoms with Crippen LogP contribution in [0.1, 0.15) is 51.9 Å². The van der Waals surface area contributed by atoms with Gasteiger partial charge < -0.3 is 14.8 Å². The summed E-state index contributed by atoms with van der Waals surface area (Å²) in [4.78, 5) is 48.5. The number of benzene rings is 1. The van der Waals surface area contributed by atoms with Crippen LogP contribution in [-0.4, -0.2) is 43.5 Å². The molecule has 2 rings (SSSR count). The fourth-order valence-electron chi connectivity index (χ4n) is 3.62. The Labute approximate surface area is 170 Å². The van der Waals surface area contributed by atoms with Crippen LogP contribution >= 0.6 is 0 Å². The molecular weight excluding hydrogens is 378 g/mol. The van der Waals surface area contributed by atoms with E-state index in [1.165, 1.54) is 18.2 Å². The molecule has 0 saturated carbocycles. The van der Waals surface area contributed by atoms with Crippen molar-refractivity contribution >= 4 is 17.7 Å². The molecule has 8 heteroatoms. The lowest BCUT2D eigenvalue weighted by Crippen LogP contribution is -2.62. The predicted molar refractivity (Wildman–Crippen MR) is 105 cm³/mol. The van der Waals surface area contributed by atoms with Crippen molar-refractivity contribution in [1.82, 2.24) is 5.32 Å². The van der Waals surface area contributed by atoms with Crippen molar-refractivity contribution < 1.29 is 33.6 Å². The molecule has 1 aliphatic heterocycles. The van der Waals surface area contributed by atoms with Gasteiger partial charge in [0.05, 0.1) is 6.54 Å². The maximum absolute atomic E-state index is 13.4. The Balaban J connectivity index is 2.58. The Morgan fingerprint density at radius 2 is 1.66 bits per heavy atom. The number of ether oxygens (including phenoxy) is 2. The quantitative estimate of drug-likeness (QED) is 0.353. The molecule has 0 aromatic heterocycles. The highest BCUT2D eigenvalue weighted by Crippen LogP contribution is 2.48. The molecule has 0 spiro atoms. The van der Waals surface area contributed by atoms with E-state index in [0.717, 1.165) is 0 Å². The van der Waals surface area contributed by atoms with Crippen molar-refractivity contribution in [3.63, 3.8) is 0 Å². The Hall–Kier alpha value is -2.29. The molecule has 1 aliphatic rings. The number of nitrogens with one attached hydrogen (secondary N) is 1. The number of ketones is 1. The molecule has 0 saturated heterocycles. The van der Waals surface area contributed by atoms with Crippen molar-refractivity contribution in [2.75, 3.05) is 20.2 Å². The summed E-state index contributed by atoms with van der Waals surface area (Å²) in [5, 5.41) is 2.77. The minimum Gasteiger partial charge on any atom is -0.421 e. The number of hydrogen-bond donors (Lipinski definition) is 1. The van der Waals surface area contributed by atoms with E-state index in [9.17, 15) is 14.4 Å². The van der Waals surface area contributed by atoms with E-state index in [0.29, 0.717) is 5.56 Å². The number of carbonyl (C=O) groups excluding carboxylic acids is 3. The summed E-state index contributed by atoms with van der Waals surface area (Å²) in [7, 11) is 1.65. The SMILES string of the molecule is CNCC(=O)c1ccc2c(c1)OC(=O)COOC(C(C)(C)C)(C(C)(C)C)C(=O)O2. The Bertz CT molecular complexity index is 788. The minimum atomic E-state index is -1.53. The maximum atomic E-state index is 13.4. The number of esters is 2. The first-order chi connectivity index (χ1) is 13.3. The predicted octanol–water partition coefficient (Wildman–Crippen LogP) is 2.69. The van der Waals surface area contributed by atoms with E-state index in [2.05, 4.69) is 5.32 Å². The number of fused-ring (bicyclic) bond motifs is 1. The second kappa shape index (κ2) is 8.22. The third-order valence-electron chi connectivity index (χ3n) is 4.79. The monoisotopic (exact) mass is 407 g/mol. The lowest BCUT2D eigenvalue weighted by molar-refractivity contribution is -0.390. The first kappa shape index (κ1) is 23.0. The van der Waals surface area contributed by atoms with Gasteiger partial charge in [0.1, 0.15) is 0 Å². The summed E-state index contributed by atoms with van der Waals surface area (Å²) in [5.41, 5.74) is -2.70. The zero-order valence-electron chi connectivity index (χ0n) is 18.0. The third kappa shape index (κ3) is 4.49. The van der Waals surface area contributed by atoms with Gasteiger partial charge in [-0.3, -0.25) is 4.79 Å². The molecule has 1 heterocycles. The first-order valence-electron chi connectivity index (χ1n) is 9.39. The number of hydrogen-bond acceptors (Lipinski definition) is 8. The van der Waals surface area contributed by atoms with Crippen molar-refractivity contribution in [2.45, 2.75) is 47.1 Å². The van der Waals surface area contributed by atoms with E-state index in [1.807, 2.05) is 41.5 Å². The van der Waals surface area contributed by atoms with Crippen LogP contribution < -0.4 is 14.8 Å². The lowest BCUT2D eigenvalue weighted by Gasteiger charge is -2.48. The van der Waals surface area contributed by atoms with Crippen LogP contribution in [0.15, 0.2) is 18.2 Å². The highest BCUT2D eigenvalue weighted by atomic mass is 17.2. The van der Waals surface area contributed by atoms with Crippen LogP contribution in [0.4, 0.5) is 0 Å². The maximum Gasteiger partial charge on any atom is 0.348 e. The molecule has 1 N–H and O–H groups in total. The van der Waals surface area contributed by atoms with Crippen molar-refractivity contribution in [2.24, 2.45) is 10.8 Å². The van der Waals surface area contributed by atoms with Crippen LogP contribution in [0.2, 0.25) is 0 Å². The van der Waals surface area contributed by atoms with E-state index in [-0.39, 0.29) is 23.8 Å². The van der Waals surface area contributed by atoms with Crippen molar-refractivity contribution in [3.8, 4) is 11.5 Å². The summed E-state index contributed by atoms with van der Waals surface area (Å²) < 4.78 is 10.9. The summed E-state index contributed by atoms with van der Waals surface area (Å²) in [6.07, 6.45) is 0. The van der Waals surface area contributed by atoms with Gasteiger partial charge in [-0.2, -0.15) is 0 Å². The Morgan fingerprint density at radius 1 is 1.03 bits per heavy atom. The minimum absolute atomic E-state index is 0.0210. The standard InChI is InChI=1S/C21H29NO7/c1-19(2,3)21(20(4,5)6)18(25)28-15-9-8-13(14(23)11-22-7)10-16(15)27-17(24)12-26-29-21/h8-10,22H,11-12H2,1-7H3. The molecule has 1 aromatic rings. The molecule has 0 unspecified atom stereocenters. The van der Waals surface area contributed by atoms with Crippen LogP contribution in [0.5, 0.6) is 11.5 Å². The second-order valence-corrected chi connectivity index (χ2v) is 9.01. The molecule has 160 valence electrons. The second-order valence-electron chi connectivity index (χ2n) is 9.01. The molecular formula is C21H29NO7. The van der Waals surface area contributed by atoms with Gasteiger partial charge in [0.2, 0.25) is 5.60 Å². The van der Waals surface area contributed by atoms with Gasteiger partial charge in [-0.05, 0) is 25.2 Å². The van der Waals surface area contributed by atoms with Gasteiger partial charge >= 0.3 is 11.9 Å². The number of rotatable bonds is 3. The molecule has 0 atom stereocenters. The van der Waals surface area contributed by atoms with Crippen LogP contribution in [0, 0.1) is 10.8 Å². The van der Waals surface area contributed by atoms with Crippen molar-refractivity contribution in [1.29, 1.82) is 0 Å².